The van der Waals surface area contributed by atoms with E-state index in [-0.39, 0.29) is 10.7 Å². The van der Waals surface area contributed by atoms with Gasteiger partial charge in [0.05, 0.1) is 22.0 Å². The van der Waals surface area contributed by atoms with Gasteiger partial charge in [0.15, 0.2) is 0 Å². The number of aryl methyl sites for hydroxylation is 2. The highest BCUT2D eigenvalue weighted by atomic mass is 35.5. The van der Waals surface area contributed by atoms with Crippen LogP contribution in [0.2, 0.25) is 5.15 Å². The van der Waals surface area contributed by atoms with Crippen LogP contribution in [-0.2, 0) is 7.05 Å². The molecular formula is C12H12ClN5O3. The van der Waals surface area contributed by atoms with Crippen LogP contribution in [0.25, 0.3) is 0 Å². The fourth-order valence-corrected chi connectivity index (χ4v) is 2.04. The number of carbonyl (C=O) groups is 1. The number of hydrogen-bond acceptors (Lipinski definition) is 5. The Morgan fingerprint density at radius 3 is 2.67 bits per heavy atom. The molecule has 2 rings (SSSR count). The van der Waals surface area contributed by atoms with E-state index in [1.165, 1.54) is 0 Å². The maximum absolute atomic E-state index is 12.3. The summed E-state index contributed by atoms with van der Waals surface area (Å²) in [5.74, 6) is -0.634. The third-order valence-corrected chi connectivity index (χ3v) is 3.25. The van der Waals surface area contributed by atoms with E-state index in [1.807, 2.05) is 0 Å². The predicted octanol–water partition coefficient (Wildman–Crippen LogP) is 2.25. The van der Waals surface area contributed by atoms with Gasteiger partial charge in [-0.3, -0.25) is 19.6 Å². The molecule has 0 atom stereocenters. The Kier molecular flexibility index (Phi) is 3.90. The van der Waals surface area contributed by atoms with Crippen LogP contribution in [0.1, 0.15) is 21.7 Å². The van der Waals surface area contributed by atoms with Gasteiger partial charge in [-0.2, -0.15) is 5.10 Å². The molecule has 0 saturated carbocycles. The van der Waals surface area contributed by atoms with Gasteiger partial charge in [-0.1, -0.05) is 11.6 Å². The maximum atomic E-state index is 12.3. The third-order valence-electron chi connectivity index (χ3n) is 3.04. The largest absolute Gasteiger partial charge is 0.319 e. The van der Waals surface area contributed by atoms with Crippen molar-refractivity contribution in [2.24, 2.45) is 7.05 Å². The van der Waals surface area contributed by atoms with Gasteiger partial charge in [0, 0.05) is 7.05 Å². The highest BCUT2D eigenvalue weighted by Crippen LogP contribution is 2.24. The first-order valence-electron chi connectivity index (χ1n) is 5.92. The first-order valence-corrected chi connectivity index (χ1v) is 6.30. The van der Waals surface area contributed by atoms with Crippen LogP contribution in [0, 0.1) is 24.0 Å². The number of nitrogens with zero attached hydrogens (tertiary/aromatic N) is 4. The molecule has 21 heavy (non-hydrogen) atoms. The Morgan fingerprint density at radius 2 is 2.14 bits per heavy atom. The zero-order chi connectivity index (χ0) is 15.7. The smallest absolute Gasteiger partial charge is 0.300 e. The van der Waals surface area contributed by atoms with Crippen molar-refractivity contribution in [2.45, 2.75) is 13.8 Å². The lowest BCUT2D eigenvalue weighted by molar-refractivity contribution is -0.385. The molecule has 1 N–H and O–H groups in total. The van der Waals surface area contributed by atoms with Crippen LogP contribution in [0.3, 0.4) is 0 Å². The summed E-state index contributed by atoms with van der Waals surface area (Å²) in [7, 11) is 1.74. The molecular weight excluding hydrogens is 298 g/mol. The van der Waals surface area contributed by atoms with Gasteiger partial charge in [-0.05, 0) is 19.9 Å². The lowest BCUT2D eigenvalue weighted by Gasteiger charge is -2.06. The van der Waals surface area contributed by atoms with Crippen LogP contribution >= 0.6 is 11.6 Å². The molecule has 1 amide bonds. The number of nitro groups is 1. The van der Waals surface area contributed by atoms with Gasteiger partial charge >= 0.3 is 0 Å². The van der Waals surface area contributed by atoms with Crippen molar-refractivity contribution >= 4 is 28.9 Å². The molecule has 0 fully saturated rings. The number of carbonyl (C=O) groups excluding carboxylic acids is 1. The fraction of sp³-hybridized carbons (Fsp3) is 0.250. The SMILES string of the molecule is Cc1nn(C)c(C)c1NC(=O)c1cc(Cl)ncc1[N+](=O)[O-]. The van der Waals surface area contributed by atoms with Crippen molar-refractivity contribution in [2.75, 3.05) is 5.32 Å². The summed E-state index contributed by atoms with van der Waals surface area (Å²) in [6.07, 6.45) is 0.959. The number of nitrogens with one attached hydrogen (secondary N) is 1. The first-order chi connectivity index (χ1) is 9.81. The molecule has 0 radical (unpaired) electrons. The van der Waals surface area contributed by atoms with E-state index in [9.17, 15) is 14.9 Å². The number of halogens is 1. The van der Waals surface area contributed by atoms with E-state index >= 15 is 0 Å². The van der Waals surface area contributed by atoms with E-state index in [2.05, 4.69) is 15.4 Å². The zero-order valence-electron chi connectivity index (χ0n) is 11.5. The molecule has 2 heterocycles. The van der Waals surface area contributed by atoms with Gasteiger partial charge in [-0.25, -0.2) is 4.98 Å². The number of anilines is 1. The van der Waals surface area contributed by atoms with Gasteiger partial charge in [-0.15, -0.1) is 0 Å². The molecule has 2 aromatic heterocycles. The van der Waals surface area contributed by atoms with E-state index in [0.717, 1.165) is 18.0 Å². The van der Waals surface area contributed by atoms with Crippen molar-refractivity contribution in [3.05, 3.63) is 44.5 Å². The first kappa shape index (κ1) is 14.9. The lowest BCUT2D eigenvalue weighted by atomic mass is 10.2. The molecule has 0 bridgehead atoms. The summed E-state index contributed by atoms with van der Waals surface area (Å²) >= 11 is 5.71. The minimum absolute atomic E-state index is 0.00498. The molecule has 9 heteroatoms. The molecule has 0 saturated heterocycles. The monoisotopic (exact) mass is 309 g/mol. The van der Waals surface area contributed by atoms with Crippen LogP contribution in [0.15, 0.2) is 12.3 Å². The zero-order valence-corrected chi connectivity index (χ0v) is 12.3. The Balaban J connectivity index is 2.41. The normalized spacial score (nSPS) is 10.5. The minimum Gasteiger partial charge on any atom is -0.319 e. The lowest BCUT2D eigenvalue weighted by Crippen LogP contribution is -2.15. The Bertz CT molecular complexity index is 741. The van der Waals surface area contributed by atoms with Gasteiger partial charge < -0.3 is 5.32 Å². The molecule has 0 aliphatic heterocycles. The molecule has 0 aliphatic rings. The molecule has 110 valence electrons. The van der Waals surface area contributed by atoms with Crippen LogP contribution in [-0.4, -0.2) is 25.6 Å². The Hall–Kier alpha value is -2.48. The predicted molar refractivity (Wildman–Crippen MR) is 76.5 cm³/mol. The standard InChI is InChI=1S/C12H12ClN5O3/c1-6-11(7(2)17(3)16-6)15-12(19)8-4-10(13)14-5-9(8)18(20)21/h4-5H,1-3H3,(H,15,19). The quantitative estimate of drug-likeness (QED) is 0.532. The number of pyridine rings is 1. The summed E-state index contributed by atoms with van der Waals surface area (Å²) in [6, 6.07) is 1.16. The van der Waals surface area contributed by atoms with Crippen molar-refractivity contribution in [3.8, 4) is 0 Å². The van der Waals surface area contributed by atoms with E-state index < -0.39 is 16.5 Å². The molecule has 0 unspecified atom stereocenters. The van der Waals surface area contributed by atoms with Crippen LogP contribution in [0.5, 0.6) is 0 Å². The highest BCUT2D eigenvalue weighted by molar-refractivity contribution is 6.30. The summed E-state index contributed by atoms with van der Waals surface area (Å²) in [5.41, 5.74) is 1.32. The fourth-order valence-electron chi connectivity index (χ4n) is 1.89. The second-order valence-electron chi connectivity index (χ2n) is 4.40. The summed E-state index contributed by atoms with van der Waals surface area (Å²) in [6.45, 7) is 3.51. The third kappa shape index (κ3) is 2.84. The summed E-state index contributed by atoms with van der Waals surface area (Å²) in [5, 5.41) is 17.7. The average Bonchev–Trinajstić information content (AvgIpc) is 2.64. The van der Waals surface area contributed by atoms with E-state index in [0.29, 0.717) is 11.4 Å². The topological polar surface area (TPSA) is 103 Å². The number of hydrogen-bond donors (Lipinski definition) is 1. The Morgan fingerprint density at radius 1 is 1.48 bits per heavy atom. The van der Waals surface area contributed by atoms with Crippen molar-refractivity contribution < 1.29 is 9.72 Å². The molecule has 8 nitrogen and oxygen atoms in total. The molecule has 0 aliphatic carbocycles. The number of aromatic nitrogens is 3. The minimum atomic E-state index is -0.679. The van der Waals surface area contributed by atoms with Crippen molar-refractivity contribution in [3.63, 3.8) is 0 Å². The number of amides is 1. The van der Waals surface area contributed by atoms with E-state index in [4.69, 9.17) is 11.6 Å². The maximum Gasteiger partial charge on any atom is 0.300 e. The average molecular weight is 310 g/mol. The second kappa shape index (κ2) is 5.49. The Labute approximate surface area is 124 Å². The van der Waals surface area contributed by atoms with Gasteiger partial charge in [0.25, 0.3) is 11.6 Å². The molecule has 0 aromatic carbocycles. The second-order valence-corrected chi connectivity index (χ2v) is 4.79. The van der Waals surface area contributed by atoms with Crippen LogP contribution < -0.4 is 5.32 Å². The van der Waals surface area contributed by atoms with Crippen LogP contribution in [0.4, 0.5) is 11.4 Å². The molecule has 0 spiro atoms. The number of rotatable bonds is 3. The van der Waals surface area contributed by atoms with Gasteiger partial charge in [0.1, 0.15) is 16.9 Å². The highest BCUT2D eigenvalue weighted by Gasteiger charge is 2.23. The van der Waals surface area contributed by atoms with Crippen molar-refractivity contribution in [1.29, 1.82) is 0 Å². The van der Waals surface area contributed by atoms with Crippen molar-refractivity contribution in [1.82, 2.24) is 14.8 Å². The van der Waals surface area contributed by atoms with E-state index in [1.54, 1.807) is 25.6 Å². The van der Waals surface area contributed by atoms with Gasteiger partial charge in [0.2, 0.25) is 0 Å². The summed E-state index contributed by atoms with van der Waals surface area (Å²) < 4.78 is 1.61. The molecule has 2 aromatic rings. The summed E-state index contributed by atoms with van der Waals surface area (Å²) in [4.78, 5) is 26.2.